The minimum absolute atomic E-state index is 0.163. The SMILES string of the molecule is O=C(O)COCCNC(=O)c1cn[nH]c1. The lowest BCUT2D eigenvalue weighted by Gasteiger charge is -2.02. The molecule has 15 heavy (non-hydrogen) atoms. The molecule has 1 heterocycles. The molecule has 0 aromatic carbocycles. The Kier molecular flexibility index (Phi) is 4.30. The van der Waals surface area contributed by atoms with E-state index in [0.717, 1.165) is 0 Å². The fourth-order valence-electron chi connectivity index (χ4n) is 0.873. The molecule has 3 N–H and O–H groups in total. The minimum atomic E-state index is -1.03. The van der Waals surface area contributed by atoms with Crippen molar-refractivity contribution >= 4 is 11.9 Å². The molecule has 0 aliphatic heterocycles. The lowest BCUT2D eigenvalue weighted by molar-refractivity contribution is -0.142. The van der Waals surface area contributed by atoms with Crippen LogP contribution in [0.2, 0.25) is 0 Å². The first-order valence-electron chi connectivity index (χ1n) is 4.26. The molecule has 0 aliphatic carbocycles. The standard InChI is InChI=1S/C8H11N3O4/c12-7(13)5-15-2-1-9-8(14)6-3-10-11-4-6/h3-4H,1-2,5H2,(H,9,14)(H,10,11)(H,12,13). The van der Waals surface area contributed by atoms with Gasteiger partial charge < -0.3 is 15.2 Å². The van der Waals surface area contributed by atoms with Crippen molar-refractivity contribution in [2.75, 3.05) is 19.8 Å². The monoisotopic (exact) mass is 213 g/mol. The van der Waals surface area contributed by atoms with Crippen LogP contribution in [-0.4, -0.2) is 46.9 Å². The molecule has 0 bridgehead atoms. The summed E-state index contributed by atoms with van der Waals surface area (Å²) in [6.45, 7) is 0.0643. The zero-order chi connectivity index (χ0) is 11.1. The second kappa shape index (κ2) is 5.76. The summed E-state index contributed by atoms with van der Waals surface area (Å²) < 4.78 is 4.73. The molecule has 7 heteroatoms. The molecule has 1 aromatic heterocycles. The molecule has 0 spiro atoms. The highest BCUT2D eigenvalue weighted by molar-refractivity contribution is 5.93. The first kappa shape index (κ1) is 11.2. The van der Waals surface area contributed by atoms with Crippen LogP contribution in [-0.2, 0) is 9.53 Å². The molecule has 0 aliphatic rings. The third-order valence-electron chi connectivity index (χ3n) is 1.52. The molecule has 0 fully saturated rings. The molecule has 0 unspecified atom stereocenters. The Balaban J connectivity index is 2.10. The number of amides is 1. The molecule has 1 aromatic rings. The van der Waals surface area contributed by atoms with E-state index in [1.165, 1.54) is 12.4 Å². The van der Waals surface area contributed by atoms with E-state index in [1.807, 2.05) is 0 Å². The van der Waals surface area contributed by atoms with Gasteiger partial charge in [0.25, 0.3) is 5.91 Å². The summed E-state index contributed by atoms with van der Waals surface area (Å²) >= 11 is 0. The normalized spacial score (nSPS) is 9.87. The summed E-state index contributed by atoms with van der Waals surface area (Å²) in [6.07, 6.45) is 2.86. The van der Waals surface area contributed by atoms with Crippen molar-refractivity contribution in [2.24, 2.45) is 0 Å². The van der Waals surface area contributed by atoms with Crippen LogP contribution in [0.5, 0.6) is 0 Å². The van der Waals surface area contributed by atoms with E-state index in [1.54, 1.807) is 0 Å². The number of rotatable bonds is 6. The third-order valence-corrected chi connectivity index (χ3v) is 1.52. The van der Waals surface area contributed by atoms with Gasteiger partial charge in [0, 0.05) is 12.7 Å². The van der Waals surface area contributed by atoms with Gasteiger partial charge in [0.1, 0.15) is 6.61 Å². The largest absolute Gasteiger partial charge is 0.480 e. The Morgan fingerprint density at radius 2 is 2.40 bits per heavy atom. The number of carboxylic acids is 1. The number of ether oxygens (including phenoxy) is 1. The third kappa shape index (κ3) is 4.23. The lowest BCUT2D eigenvalue weighted by Crippen LogP contribution is -2.27. The maximum Gasteiger partial charge on any atom is 0.329 e. The Labute approximate surface area is 85.4 Å². The van der Waals surface area contributed by atoms with Gasteiger partial charge in [-0.05, 0) is 0 Å². The zero-order valence-corrected chi connectivity index (χ0v) is 7.90. The minimum Gasteiger partial charge on any atom is -0.480 e. The van der Waals surface area contributed by atoms with E-state index in [4.69, 9.17) is 9.84 Å². The van der Waals surface area contributed by atoms with Gasteiger partial charge in [0.2, 0.25) is 0 Å². The summed E-state index contributed by atoms with van der Waals surface area (Å²) in [5.41, 5.74) is 0.424. The first-order chi connectivity index (χ1) is 7.20. The van der Waals surface area contributed by atoms with Crippen LogP contribution in [0.1, 0.15) is 10.4 Å². The van der Waals surface area contributed by atoms with E-state index >= 15 is 0 Å². The number of carboxylic acid groups (broad SMARTS) is 1. The van der Waals surface area contributed by atoms with Crippen molar-refractivity contribution in [1.29, 1.82) is 0 Å². The summed E-state index contributed by atoms with van der Waals surface area (Å²) in [5.74, 6) is -1.31. The van der Waals surface area contributed by atoms with Crippen LogP contribution < -0.4 is 5.32 Å². The summed E-state index contributed by atoms with van der Waals surface area (Å²) in [5, 5.41) is 16.9. The van der Waals surface area contributed by atoms with Crippen molar-refractivity contribution in [2.45, 2.75) is 0 Å². The maximum atomic E-state index is 11.3. The van der Waals surface area contributed by atoms with Gasteiger partial charge in [-0.25, -0.2) is 4.79 Å². The van der Waals surface area contributed by atoms with E-state index < -0.39 is 5.97 Å². The van der Waals surface area contributed by atoms with Gasteiger partial charge in [-0.15, -0.1) is 0 Å². The Morgan fingerprint density at radius 3 is 3.00 bits per heavy atom. The number of nitrogens with zero attached hydrogens (tertiary/aromatic N) is 1. The van der Waals surface area contributed by atoms with E-state index in [2.05, 4.69) is 15.5 Å². The van der Waals surface area contributed by atoms with E-state index in [0.29, 0.717) is 5.56 Å². The topological polar surface area (TPSA) is 104 Å². The van der Waals surface area contributed by atoms with E-state index in [9.17, 15) is 9.59 Å². The van der Waals surface area contributed by atoms with Gasteiger partial charge in [-0.1, -0.05) is 0 Å². The zero-order valence-electron chi connectivity index (χ0n) is 7.90. The fraction of sp³-hybridized carbons (Fsp3) is 0.375. The summed E-state index contributed by atoms with van der Waals surface area (Å²) in [4.78, 5) is 21.3. The van der Waals surface area contributed by atoms with Crippen LogP contribution >= 0.6 is 0 Å². The number of nitrogens with one attached hydrogen (secondary N) is 2. The molecule has 7 nitrogen and oxygen atoms in total. The highest BCUT2D eigenvalue weighted by Crippen LogP contribution is 1.91. The number of aromatic amines is 1. The van der Waals surface area contributed by atoms with E-state index in [-0.39, 0.29) is 25.7 Å². The van der Waals surface area contributed by atoms with Crippen molar-refractivity contribution in [3.8, 4) is 0 Å². The number of carbonyl (C=O) groups is 2. The fourth-order valence-corrected chi connectivity index (χ4v) is 0.873. The molecule has 0 saturated carbocycles. The van der Waals surface area contributed by atoms with Gasteiger partial charge in [-0.2, -0.15) is 5.10 Å². The van der Waals surface area contributed by atoms with Crippen LogP contribution in [0, 0.1) is 0 Å². The molecule has 0 saturated heterocycles. The Bertz CT molecular complexity index is 323. The quantitative estimate of drug-likeness (QED) is 0.539. The Morgan fingerprint density at radius 1 is 1.60 bits per heavy atom. The second-order valence-electron chi connectivity index (χ2n) is 2.69. The van der Waals surface area contributed by atoms with Gasteiger partial charge >= 0.3 is 5.97 Å². The van der Waals surface area contributed by atoms with Crippen LogP contribution in [0.4, 0.5) is 0 Å². The maximum absolute atomic E-state index is 11.3. The smallest absolute Gasteiger partial charge is 0.329 e. The van der Waals surface area contributed by atoms with Crippen molar-refractivity contribution in [1.82, 2.24) is 15.5 Å². The molecular formula is C8H11N3O4. The van der Waals surface area contributed by atoms with Crippen molar-refractivity contribution < 1.29 is 19.4 Å². The second-order valence-corrected chi connectivity index (χ2v) is 2.69. The molecule has 0 atom stereocenters. The number of aliphatic carboxylic acids is 1. The number of hydrogen-bond acceptors (Lipinski definition) is 4. The predicted molar refractivity (Wildman–Crippen MR) is 49.4 cm³/mol. The molecule has 82 valence electrons. The van der Waals surface area contributed by atoms with Gasteiger partial charge in [0.05, 0.1) is 18.4 Å². The number of carbonyl (C=O) groups excluding carboxylic acids is 1. The number of hydrogen-bond donors (Lipinski definition) is 3. The van der Waals surface area contributed by atoms with Crippen molar-refractivity contribution in [3.05, 3.63) is 18.0 Å². The Hall–Kier alpha value is -1.89. The predicted octanol–water partition coefficient (Wildman–Crippen LogP) is -0.759. The van der Waals surface area contributed by atoms with Crippen LogP contribution in [0.15, 0.2) is 12.4 Å². The van der Waals surface area contributed by atoms with Crippen molar-refractivity contribution in [3.63, 3.8) is 0 Å². The van der Waals surface area contributed by atoms with Crippen LogP contribution in [0.3, 0.4) is 0 Å². The average Bonchev–Trinajstić information content (AvgIpc) is 2.69. The van der Waals surface area contributed by atoms with Crippen LogP contribution in [0.25, 0.3) is 0 Å². The highest BCUT2D eigenvalue weighted by Gasteiger charge is 2.04. The molecular weight excluding hydrogens is 202 g/mol. The van der Waals surface area contributed by atoms with Gasteiger partial charge in [0.15, 0.2) is 0 Å². The highest BCUT2D eigenvalue weighted by atomic mass is 16.5. The molecule has 1 amide bonds. The summed E-state index contributed by atoms with van der Waals surface area (Å²) in [6, 6.07) is 0. The lowest BCUT2D eigenvalue weighted by atomic mass is 10.3. The number of aromatic nitrogens is 2. The average molecular weight is 213 g/mol. The molecule has 0 radical (unpaired) electrons. The number of H-pyrrole nitrogens is 1. The first-order valence-corrected chi connectivity index (χ1v) is 4.26. The van der Waals surface area contributed by atoms with Gasteiger partial charge in [-0.3, -0.25) is 9.89 Å². The summed E-state index contributed by atoms with van der Waals surface area (Å²) in [7, 11) is 0. The molecule has 1 rings (SSSR count).